The van der Waals surface area contributed by atoms with Gasteiger partial charge in [0, 0.05) is 24.1 Å². The molecule has 3 aromatic rings. The molecule has 0 spiro atoms. The van der Waals surface area contributed by atoms with E-state index in [2.05, 4.69) is 0 Å². The van der Waals surface area contributed by atoms with Crippen LogP contribution in [0.4, 0.5) is 0 Å². The zero-order chi connectivity index (χ0) is 24.0. The molecule has 34 heavy (non-hydrogen) atoms. The van der Waals surface area contributed by atoms with Crippen LogP contribution in [0.15, 0.2) is 78.9 Å². The maximum absolute atomic E-state index is 13.2. The Morgan fingerprint density at radius 3 is 2.24 bits per heavy atom. The average Bonchev–Trinajstić information content (AvgIpc) is 2.89. The van der Waals surface area contributed by atoms with Crippen molar-refractivity contribution in [2.75, 3.05) is 19.7 Å². The van der Waals surface area contributed by atoms with Gasteiger partial charge in [-0.15, -0.1) is 0 Å². The molecule has 6 heteroatoms. The minimum atomic E-state index is -0.325. The Labute approximate surface area is 210 Å². The second kappa shape index (κ2) is 11.1. The number of ether oxygens (including phenoxy) is 1. The average molecular weight is 496 g/mol. The number of hydrogen-bond acceptors (Lipinski definition) is 3. The van der Waals surface area contributed by atoms with Crippen molar-refractivity contribution in [2.24, 2.45) is 0 Å². The fraction of sp³-hybridized carbons (Fsp3) is 0.286. The molecule has 1 unspecified atom stereocenters. The second-order valence-corrected chi connectivity index (χ2v) is 9.53. The van der Waals surface area contributed by atoms with Crippen LogP contribution in [0.3, 0.4) is 0 Å². The number of benzene rings is 3. The highest BCUT2D eigenvalue weighted by Crippen LogP contribution is 2.40. The fourth-order valence-electron chi connectivity index (χ4n) is 4.71. The number of carbonyl (C=O) groups excluding carboxylic acids is 2. The van der Waals surface area contributed by atoms with E-state index in [9.17, 15) is 9.59 Å². The molecular weight excluding hydrogens is 469 g/mol. The van der Waals surface area contributed by atoms with Gasteiger partial charge in [0.05, 0.1) is 22.2 Å². The molecule has 1 aliphatic heterocycles. The molecule has 1 saturated heterocycles. The lowest BCUT2D eigenvalue weighted by Crippen LogP contribution is -2.48. The molecular formula is C28H27Cl2NO3. The summed E-state index contributed by atoms with van der Waals surface area (Å²) in [6.45, 7) is 1.59. The van der Waals surface area contributed by atoms with E-state index >= 15 is 0 Å². The summed E-state index contributed by atoms with van der Waals surface area (Å²) in [5.41, 5.74) is 1.99. The summed E-state index contributed by atoms with van der Waals surface area (Å²) < 4.78 is 5.52. The van der Waals surface area contributed by atoms with Crippen molar-refractivity contribution in [3.8, 4) is 0 Å². The first kappa shape index (κ1) is 24.3. The molecule has 176 valence electrons. The zero-order valence-corrected chi connectivity index (χ0v) is 20.4. The molecule has 0 N–H and O–H groups in total. The molecule has 1 aliphatic rings. The minimum absolute atomic E-state index is 0.0280. The predicted octanol–water partition coefficient (Wildman–Crippen LogP) is 6.80. The fourth-order valence-corrected chi connectivity index (χ4v) is 5.01. The SMILES string of the molecule is O=C(OCCCC1(c2ccc(Cl)c(Cl)c2)CCCN(C(=O)c2ccccc2)C1)c1ccccc1. The van der Waals surface area contributed by atoms with E-state index in [0.717, 1.165) is 24.8 Å². The zero-order valence-electron chi connectivity index (χ0n) is 18.9. The molecule has 1 heterocycles. The summed E-state index contributed by atoms with van der Waals surface area (Å²) >= 11 is 12.6. The van der Waals surface area contributed by atoms with Crippen LogP contribution >= 0.6 is 23.2 Å². The summed E-state index contributed by atoms with van der Waals surface area (Å²) in [7, 11) is 0. The van der Waals surface area contributed by atoms with E-state index in [1.807, 2.05) is 71.6 Å². The number of carbonyl (C=O) groups is 2. The van der Waals surface area contributed by atoms with Crippen LogP contribution in [0.5, 0.6) is 0 Å². The summed E-state index contributed by atoms with van der Waals surface area (Å²) in [6.07, 6.45) is 3.22. The van der Waals surface area contributed by atoms with Crippen molar-refractivity contribution in [1.29, 1.82) is 0 Å². The lowest BCUT2D eigenvalue weighted by atomic mass is 9.71. The Morgan fingerprint density at radius 1 is 0.882 bits per heavy atom. The number of likely N-dealkylation sites (tertiary alicyclic amines) is 1. The molecule has 3 aromatic carbocycles. The quantitative estimate of drug-likeness (QED) is 0.267. The van der Waals surface area contributed by atoms with Gasteiger partial charge in [0.2, 0.25) is 0 Å². The van der Waals surface area contributed by atoms with E-state index < -0.39 is 0 Å². The van der Waals surface area contributed by atoms with Crippen molar-refractivity contribution in [2.45, 2.75) is 31.1 Å². The number of hydrogen-bond donors (Lipinski definition) is 0. The van der Waals surface area contributed by atoms with Crippen LogP contribution in [0, 0.1) is 0 Å². The van der Waals surface area contributed by atoms with Crippen LogP contribution < -0.4 is 0 Å². The molecule has 0 aliphatic carbocycles. The molecule has 1 amide bonds. The molecule has 4 nitrogen and oxygen atoms in total. The molecule has 1 fully saturated rings. The Morgan fingerprint density at radius 2 is 1.56 bits per heavy atom. The van der Waals surface area contributed by atoms with E-state index in [0.29, 0.717) is 47.3 Å². The molecule has 1 atom stereocenters. The highest BCUT2D eigenvalue weighted by atomic mass is 35.5. The smallest absolute Gasteiger partial charge is 0.338 e. The van der Waals surface area contributed by atoms with Crippen molar-refractivity contribution in [3.05, 3.63) is 106 Å². The molecule has 0 saturated carbocycles. The Balaban J connectivity index is 1.51. The third kappa shape index (κ3) is 5.63. The Kier molecular flexibility index (Phi) is 7.91. The van der Waals surface area contributed by atoms with Crippen molar-refractivity contribution in [1.82, 2.24) is 4.90 Å². The third-order valence-corrected chi connectivity index (χ3v) is 7.20. The predicted molar refractivity (Wildman–Crippen MR) is 136 cm³/mol. The van der Waals surface area contributed by atoms with Crippen LogP contribution in [0.25, 0.3) is 0 Å². The van der Waals surface area contributed by atoms with E-state index in [1.165, 1.54) is 0 Å². The highest BCUT2D eigenvalue weighted by Gasteiger charge is 2.38. The number of rotatable bonds is 7. The number of piperidine rings is 1. The number of esters is 1. The lowest BCUT2D eigenvalue weighted by molar-refractivity contribution is 0.0472. The van der Waals surface area contributed by atoms with Gasteiger partial charge < -0.3 is 9.64 Å². The topological polar surface area (TPSA) is 46.6 Å². The Hall–Kier alpha value is -2.82. The minimum Gasteiger partial charge on any atom is -0.462 e. The van der Waals surface area contributed by atoms with Crippen molar-refractivity contribution < 1.29 is 14.3 Å². The van der Waals surface area contributed by atoms with Gasteiger partial charge in [0.1, 0.15) is 0 Å². The monoisotopic (exact) mass is 495 g/mol. The maximum Gasteiger partial charge on any atom is 0.338 e. The second-order valence-electron chi connectivity index (χ2n) is 8.71. The summed E-state index contributed by atoms with van der Waals surface area (Å²) in [5.74, 6) is -0.297. The largest absolute Gasteiger partial charge is 0.462 e. The maximum atomic E-state index is 13.2. The van der Waals surface area contributed by atoms with Crippen LogP contribution in [-0.4, -0.2) is 36.5 Å². The lowest BCUT2D eigenvalue weighted by Gasteiger charge is -2.44. The van der Waals surface area contributed by atoms with Crippen molar-refractivity contribution >= 4 is 35.1 Å². The van der Waals surface area contributed by atoms with Gasteiger partial charge in [-0.1, -0.05) is 65.7 Å². The first-order valence-corrected chi connectivity index (χ1v) is 12.3. The van der Waals surface area contributed by atoms with Gasteiger partial charge in [0.15, 0.2) is 0 Å². The number of nitrogens with zero attached hydrogens (tertiary/aromatic N) is 1. The van der Waals surface area contributed by atoms with Gasteiger partial charge in [-0.05, 0) is 67.6 Å². The Bertz CT molecular complexity index is 1140. The van der Waals surface area contributed by atoms with Gasteiger partial charge >= 0.3 is 5.97 Å². The molecule has 0 radical (unpaired) electrons. The highest BCUT2D eigenvalue weighted by molar-refractivity contribution is 6.42. The standard InChI is InChI=1S/C28H27Cl2NO3/c29-24-14-13-23(19-25(24)30)28(16-8-18-34-27(33)22-11-5-2-6-12-22)15-7-17-31(20-28)26(32)21-9-3-1-4-10-21/h1-6,9-14,19H,7-8,15-18,20H2. The van der Waals surface area contributed by atoms with Gasteiger partial charge in [-0.3, -0.25) is 4.79 Å². The van der Waals surface area contributed by atoms with Gasteiger partial charge in [-0.25, -0.2) is 4.79 Å². The molecule has 0 aromatic heterocycles. The first-order chi connectivity index (χ1) is 16.5. The van der Waals surface area contributed by atoms with E-state index in [1.54, 1.807) is 12.1 Å². The summed E-state index contributed by atoms with van der Waals surface area (Å²) in [5, 5.41) is 1.01. The van der Waals surface area contributed by atoms with E-state index in [4.69, 9.17) is 27.9 Å². The first-order valence-electron chi connectivity index (χ1n) is 11.5. The van der Waals surface area contributed by atoms with Crippen LogP contribution in [0.1, 0.15) is 52.0 Å². The van der Waals surface area contributed by atoms with Crippen LogP contribution in [0.2, 0.25) is 10.0 Å². The van der Waals surface area contributed by atoms with Gasteiger partial charge in [-0.2, -0.15) is 0 Å². The third-order valence-electron chi connectivity index (χ3n) is 6.46. The summed E-state index contributed by atoms with van der Waals surface area (Å²) in [6, 6.07) is 24.1. The van der Waals surface area contributed by atoms with Crippen molar-refractivity contribution in [3.63, 3.8) is 0 Å². The van der Waals surface area contributed by atoms with E-state index in [-0.39, 0.29) is 17.3 Å². The molecule has 0 bridgehead atoms. The molecule has 4 rings (SSSR count). The normalized spacial score (nSPS) is 17.9. The number of amides is 1. The summed E-state index contributed by atoms with van der Waals surface area (Å²) in [4.78, 5) is 27.5. The van der Waals surface area contributed by atoms with Crippen LogP contribution in [-0.2, 0) is 10.2 Å². The number of halogens is 2. The van der Waals surface area contributed by atoms with Gasteiger partial charge in [0.25, 0.3) is 5.91 Å².